The molecule has 0 aliphatic heterocycles. The molecule has 0 N–H and O–H groups in total. The van der Waals surface area contributed by atoms with Crippen molar-refractivity contribution in [1.82, 2.24) is 0 Å². The minimum Gasteiger partial charge on any atom is -0.378 e. The summed E-state index contributed by atoms with van der Waals surface area (Å²) in [6.07, 6.45) is 11.8. The van der Waals surface area contributed by atoms with Crippen molar-refractivity contribution in [2.45, 2.75) is 96.0 Å². The molecule has 0 aromatic carbocycles. The molecule has 0 saturated heterocycles. The first-order valence-corrected chi connectivity index (χ1v) is 9.11. The lowest BCUT2D eigenvalue weighted by atomic mass is 9.77. The molecule has 2 aliphatic rings. The third-order valence-electron chi connectivity index (χ3n) is 5.48. The number of hydrogen-bond acceptors (Lipinski definition) is 1. The molecule has 2 fully saturated rings. The number of halogens is 2. The van der Waals surface area contributed by atoms with Gasteiger partial charge in [0.1, 0.15) is 0 Å². The molecule has 0 bridgehead atoms. The van der Waals surface area contributed by atoms with Crippen LogP contribution in [-0.2, 0) is 4.74 Å². The number of alkyl halides is 2. The summed E-state index contributed by atoms with van der Waals surface area (Å²) in [5.74, 6) is -2.23. The van der Waals surface area contributed by atoms with Gasteiger partial charge < -0.3 is 4.74 Å². The van der Waals surface area contributed by atoms with Crippen molar-refractivity contribution < 1.29 is 13.5 Å². The molecule has 2 rings (SSSR count). The molecular weight excluding hydrogens is 270 g/mol. The van der Waals surface area contributed by atoms with Crippen molar-refractivity contribution in [2.24, 2.45) is 11.8 Å². The highest BCUT2D eigenvalue weighted by molar-refractivity contribution is 4.83. The van der Waals surface area contributed by atoms with Crippen LogP contribution in [0.25, 0.3) is 0 Å². The Morgan fingerprint density at radius 1 is 0.952 bits per heavy atom. The molecule has 0 unspecified atom stereocenters. The van der Waals surface area contributed by atoms with Gasteiger partial charge in [-0.1, -0.05) is 39.0 Å². The average molecular weight is 302 g/mol. The standard InChI is InChI=1S/C18H32F2O/c1-2-6-15-9-11-16(12-10-15)18(19,20)13-14-21-17-7-4-3-5-8-17/h15-17H,2-14H2,1H3. The molecule has 21 heavy (non-hydrogen) atoms. The summed E-state index contributed by atoms with van der Waals surface area (Å²) in [7, 11) is 0. The molecule has 0 aromatic rings. The molecule has 124 valence electrons. The third kappa shape index (κ3) is 5.50. The Morgan fingerprint density at radius 3 is 2.24 bits per heavy atom. The van der Waals surface area contributed by atoms with E-state index in [2.05, 4.69) is 6.92 Å². The van der Waals surface area contributed by atoms with Crippen molar-refractivity contribution in [2.75, 3.05) is 6.61 Å². The van der Waals surface area contributed by atoms with Crippen molar-refractivity contribution >= 4 is 0 Å². The van der Waals surface area contributed by atoms with Crippen LogP contribution in [0.3, 0.4) is 0 Å². The Bertz CT molecular complexity index is 279. The number of hydrogen-bond donors (Lipinski definition) is 0. The monoisotopic (exact) mass is 302 g/mol. The summed E-state index contributed by atoms with van der Waals surface area (Å²) in [6.45, 7) is 2.43. The highest BCUT2D eigenvalue weighted by atomic mass is 19.3. The van der Waals surface area contributed by atoms with Crippen LogP contribution in [0.1, 0.15) is 84.0 Å². The second-order valence-corrected chi connectivity index (χ2v) is 7.15. The van der Waals surface area contributed by atoms with Gasteiger partial charge in [0, 0.05) is 12.3 Å². The largest absolute Gasteiger partial charge is 0.378 e. The Labute approximate surface area is 128 Å². The fourth-order valence-electron chi connectivity index (χ4n) is 4.08. The number of rotatable bonds is 7. The van der Waals surface area contributed by atoms with Gasteiger partial charge in [0.2, 0.25) is 0 Å². The fourth-order valence-corrected chi connectivity index (χ4v) is 4.08. The number of ether oxygens (including phenoxy) is 1. The first kappa shape index (κ1) is 17.2. The fraction of sp³-hybridized carbons (Fsp3) is 1.00. The lowest BCUT2D eigenvalue weighted by Crippen LogP contribution is -2.33. The van der Waals surface area contributed by atoms with Crippen LogP contribution in [0.15, 0.2) is 0 Å². The van der Waals surface area contributed by atoms with Crippen molar-refractivity contribution in [3.63, 3.8) is 0 Å². The van der Waals surface area contributed by atoms with Gasteiger partial charge in [0.15, 0.2) is 0 Å². The van der Waals surface area contributed by atoms with Gasteiger partial charge in [-0.2, -0.15) is 0 Å². The van der Waals surface area contributed by atoms with Crippen molar-refractivity contribution in [3.05, 3.63) is 0 Å². The average Bonchev–Trinajstić information content (AvgIpc) is 2.49. The third-order valence-corrected chi connectivity index (χ3v) is 5.48. The molecule has 2 saturated carbocycles. The summed E-state index contributed by atoms with van der Waals surface area (Å²) >= 11 is 0. The lowest BCUT2D eigenvalue weighted by molar-refractivity contribution is -0.104. The van der Waals surface area contributed by atoms with Crippen LogP contribution in [0, 0.1) is 11.8 Å². The zero-order valence-electron chi connectivity index (χ0n) is 13.6. The molecule has 3 heteroatoms. The maximum atomic E-state index is 14.3. The molecule has 1 nitrogen and oxygen atoms in total. The van der Waals surface area contributed by atoms with Crippen LogP contribution in [0.4, 0.5) is 8.78 Å². The van der Waals surface area contributed by atoms with Gasteiger partial charge in [0.25, 0.3) is 5.92 Å². The van der Waals surface area contributed by atoms with Crippen molar-refractivity contribution in [1.29, 1.82) is 0 Å². The predicted molar refractivity (Wildman–Crippen MR) is 82.7 cm³/mol. The van der Waals surface area contributed by atoms with E-state index in [0.29, 0.717) is 18.8 Å². The van der Waals surface area contributed by atoms with Crippen molar-refractivity contribution in [3.8, 4) is 0 Å². The van der Waals surface area contributed by atoms with Gasteiger partial charge in [-0.05, 0) is 44.4 Å². The van der Waals surface area contributed by atoms with Crippen LogP contribution < -0.4 is 0 Å². The Morgan fingerprint density at radius 2 is 1.62 bits per heavy atom. The van der Waals surface area contributed by atoms with Gasteiger partial charge in [-0.3, -0.25) is 0 Å². The van der Waals surface area contributed by atoms with Gasteiger partial charge in [-0.15, -0.1) is 0 Å². The molecule has 2 aliphatic carbocycles. The van der Waals surface area contributed by atoms with Crippen LogP contribution in [0.5, 0.6) is 0 Å². The smallest absolute Gasteiger partial charge is 0.253 e. The van der Waals surface area contributed by atoms with Gasteiger partial charge in [0.05, 0.1) is 12.7 Å². The molecule has 0 spiro atoms. The summed E-state index contributed by atoms with van der Waals surface area (Å²) in [4.78, 5) is 0. The predicted octanol–water partition coefficient (Wildman–Crippen LogP) is 5.97. The van der Waals surface area contributed by atoms with E-state index >= 15 is 0 Å². The van der Waals surface area contributed by atoms with E-state index in [1.165, 1.54) is 32.1 Å². The topological polar surface area (TPSA) is 9.23 Å². The highest BCUT2D eigenvalue weighted by Gasteiger charge is 2.40. The molecule has 0 radical (unpaired) electrons. The Balaban J connectivity index is 1.66. The van der Waals surface area contributed by atoms with E-state index in [0.717, 1.165) is 25.7 Å². The summed E-state index contributed by atoms with van der Waals surface area (Å²) < 4.78 is 34.3. The molecule has 0 atom stereocenters. The lowest BCUT2D eigenvalue weighted by Gasteiger charge is -2.34. The van der Waals surface area contributed by atoms with Crippen LogP contribution in [-0.4, -0.2) is 18.6 Å². The van der Waals surface area contributed by atoms with E-state index in [1.807, 2.05) is 0 Å². The minimum atomic E-state index is -2.52. The van der Waals surface area contributed by atoms with E-state index in [1.54, 1.807) is 0 Å². The minimum absolute atomic E-state index is 0.0768. The van der Waals surface area contributed by atoms with Gasteiger partial charge >= 0.3 is 0 Å². The van der Waals surface area contributed by atoms with E-state index in [9.17, 15) is 8.78 Å². The first-order valence-electron chi connectivity index (χ1n) is 9.11. The van der Waals surface area contributed by atoms with E-state index < -0.39 is 11.8 Å². The highest BCUT2D eigenvalue weighted by Crippen LogP contribution is 2.41. The van der Waals surface area contributed by atoms with E-state index in [4.69, 9.17) is 4.74 Å². The first-order chi connectivity index (χ1) is 10.1. The quantitative estimate of drug-likeness (QED) is 0.563. The summed E-state index contributed by atoms with van der Waals surface area (Å²) in [6, 6.07) is 0. The second-order valence-electron chi connectivity index (χ2n) is 7.15. The Kier molecular flexibility index (Phi) is 6.91. The maximum absolute atomic E-state index is 14.3. The maximum Gasteiger partial charge on any atom is 0.253 e. The molecule has 0 heterocycles. The zero-order chi connectivity index (χ0) is 15.1. The molecule has 0 amide bonds. The molecular formula is C18H32F2O. The zero-order valence-corrected chi connectivity index (χ0v) is 13.6. The van der Waals surface area contributed by atoms with Gasteiger partial charge in [-0.25, -0.2) is 8.78 Å². The summed E-state index contributed by atoms with van der Waals surface area (Å²) in [5, 5.41) is 0. The van der Waals surface area contributed by atoms with Crippen LogP contribution in [0.2, 0.25) is 0 Å². The normalized spacial score (nSPS) is 28.7. The Hall–Kier alpha value is -0.180. The SMILES string of the molecule is CCCC1CCC(C(F)(F)CCOC2CCCCC2)CC1. The second kappa shape index (κ2) is 8.45. The molecule has 0 aromatic heterocycles. The summed E-state index contributed by atoms with van der Waals surface area (Å²) in [5.41, 5.74) is 0. The van der Waals surface area contributed by atoms with Crippen LogP contribution >= 0.6 is 0 Å². The van der Waals surface area contributed by atoms with E-state index in [-0.39, 0.29) is 19.1 Å².